The Morgan fingerprint density at radius 1 is 0.625 bits per heavy atom. The Bertz CT molecular complexity index is 783. The van der Waals surface area contributed by atoms with Crippen molar-refractivity contribution in [3.8, 4) is 17.9 Å². The maximum atomic E-state index is 9.42. The maximum Gasteiger partial charge on any atom is 0.115 e. The summed E-state index contributed by atoms with van der Waals surface area (Å²) in [7, 11) is 0. The van der Waals surface area contributed by atoms with Crippen molar-refractivity contribution in [1.29, 1.82) is 10.5 Å². The van der Waals surface area contributed by atoms with Crippen molar-refractivity contribution in [1.82, 2.24) is 0 Å². The molecule has 0 fully saturated rings. The van der Waals surface area contributed by atoms with Gasteiger partial charge in [0.2, 0.25) is 0 Å². The third-order valence-electron chi connectivity index (χ3n) is 5.65. The summed E-state index contributed by atoms with van der Waals surface area (Å²) >= 11 is 0. The van der Waals surface area contributed by atoms with Crippen LogP contribution in [0.3, 0.4) is 0 Å². The fourth-order valence-corrected chi connectivity index (χ4v) is 3.74. The average Bonchev–Trinajstić information content (AvgIpc) is 2.82. The number of phenolic OH excluding ortho intramolecular Hbond substituents is 1. The predicted octanol–water partition coefficient (Wildman–Crippen LogP) is 8.46. The molecule has 2 aromatic rings. The van der Waals surface area contributed by atoms with Crippen molar-refractivity contribution >= 4 is 0 Å². The second-order valence-corrected chi connectivity index (χ2v) is 8.43. The van der Waals surface area contributed by atoms with Crippen LogP contribution in [0.4, 0.5) is 0 Å². The van der Waals surface area contributed by atoms with Gasteiger partial charge in [-0.25, -0.2) is 0 Å². The van der Waals surface area contributed by atoms with Gasteiger partial charge >= 0.3 is 0 Å². The summed E-state index contributed by atoms with van der Waals surface area (Å²) in [6.45, 7) is 2.28. The van der Waals surface area contributed by atoms with E-state index in [1.165, 1.54) is 89.0 Å². The van der Waals surface area contributed by atoms with Crippen LogP contribution in [0.15, 0.2) is 48.5 Å². The molecule has 0 saturated carbocycles. The lowest BCUT2D eigenvalue weighted by Gasteiger charge is -2.04. The van der Waals surface area contributed by atoms with Crippen LogP contribution < -0.4 is 0 Å². The topological polar surface area (TPSA) is 67.8 Å². The van der Waals surface area contributed by atoms with Crippen molar-refractivity contribution in [2.45, 2.75) is 96.8 Å². The molecule has 2 rings (SSSR count). The van der Waals surface area contributed by atoms with E-state index in [1.807, 2.05) is 24.3 Å². The van der Waals surface area contributed by atoms with E-state index in [9.17, 15) is 5.11 Å². The minimum atomic E-state index is 0.396. The number of hydrogen-bond donors (Lipinski definition) is 1. The lowest BCUT2D eigenvalue weighted by Crippen LogP contribution is -1.86. The zero-order valence-corrected chi connectivity index (χ0v) is 19.9. The van der Waals surface area contributed by atoms with E-state index in [1.54, 1.807) is 30.3 Å². The van der Waals surface area contributed by atoms with Gasteiger partial charge in [-0.3, -0.25) is 0 Å². The number of nitrogens with zero attached hydrogens (tertiary/aromatic N) is 2. The third-order valence-corrected chi connectivity index (χ3v) is 5.65. The highest BCUT2D eigenvalue weighted by Gasteiger charge is 1.97. The zero-order chi connectivity index (χ0) is 23.3. The highest BCUT2D eigenvalue weighted by atomic mass is 16.3. The van der Waals surface area contributed by atoms with Crippen LogP contribution in [0.5, 0.6) is 5.75 Å². The Morgan fingerprint density at radius 2 is 1.09 bits per heavy atom. The molecule has 3 heteroatoms. The number of unbranched alkanes of at least 4 members (excludes halogenated alkanes) is 12. The van der Waals surface area contributed by atoms with Gasteiger partial charge in [0.1, 0.15) is 17.9 Å². The molecule has 172 valence electrons. The normalized spacial score (nSPS) is 9.97. The summed E-state index contributed by atoms with van der Waals surface area (Å²) in [5.74, 6) is 0.396. The largest absolute Gasteiger partial charge is 0.508 e. The summed E-state index contributed by atoms with van der Waals surface area (Å²) < 4.78 is 0. The number of nitriles is 2. The van der Waals surface area contributed by atoms with Gasteiger partial charge < -0.3 is 5.11 Å². The first-order valence-electron chi connectivity index (χ1n) is 12.4. The van der Waals surface area contributed by atoms with Crippen LogP contribution in [0.1, 0.15) is 107 Å². The van der Waals surface area contributed by atoms with E-state index in [-0.39, 0.29) is 0 Å². The van der Waals surface area contributed by atoms with Crippen molar-refractivity contribution < 1.29 is 5.11 Å². The van der Waals surface area contributed by atoms with Gasteiger partial charge in [0.05, 0.1) is 11.1 Å². The van der Waals surface area contributed by atoms with Crippen molar-refractivity contribution in [2.24, 2.45) is 0 Å². The fraction of sp³-hybridized carbons (Fsp3) is 0.517. The molecule has 0 unspecified atom stereocenters. The Balaban J connectivity index is 0.000000425. The highest BCUT2D eigenvalue weighted by Crippen LogP contribution is 2.15. The Kier molecular flexibility index (Phi) is 16.1. The quantitative estimate of drug-likeness (QED) is 0.304. The number of phenols is 1. The molecule has 32 heavy (non-hydrogen) atoms. The lowest BCUT2D eigenvalue weighted by molar-refractivity contribution is 0.474. The van der Waals surface area contributed by atoms with Gasteiger partial charge in [-0.1, -0.05) is 108 Å². The molecule has 0 aromatic heterocycles. The van der Waals surface area contributed by atoms with Gasteiger partial charge in [-0.15, -0.1) is 0 Å². The SMILES string of the molecule is CCCCCCCCCCCCCCCc1cccc(O)c1.N#Cc1ccccc1C#N. The molecule has 2 aromatic carbocycles. The summed E-state index contributed by atoms with van der Waals surface area (Å²) in [5, 5.41) is 26.3. The molecule has 1 N–H and O–H groups in total. The molecule has 0 bridgehead atoms. The van der Waals surface area contributed by atoms with Crippen LogP contribution in [0.2, 0.25) is 0 Å². The molecular weight excluding hydrogens is 392 g/mol. The fourth-order valence-electron chi connectivity index (χ4n) is 3.74. The molecule has 3 nitrogen and oxygen atoms in total. The van der Waals surface area contributed by atoms with E-state index in [0.717, 1.165) is 6.42 Å². The standard InChI is InChI=1S/C21H36O.C8H4N2/c1-2-3-4-5-6-7-8-9-10-11-12-13-14-16-20-17-15-18-21(22)19-20;9-5-7-3-1-2-4-8(7)6-10/h15,17-19,22H,2-14,16H2,1H3;1-4H. The molecule has 0 spiro atoms. The molecule has 0 atom stereocenters. The number of rotatable bonds is 14. The minimum Gasteiger partial charge on any atom is -0.508 e. The summed E-state index contributed by atoms with van der Waals surface area (Å²) in [5.41, 5.74) is 2.14. The Hall–Kier alpha value is -2.78. The Labute approximate surface area is 195 Å². The van der Waals surface area contributed by atoms with Crippen molar-refractivity contribution in [3.63, 3.8) is 0 Å². The number of hydrogen-bond acceptors (Lipinski definition) is 3. The third kappa shape index (κ3) is 13.5. The predicted molar refractivity (Wildman–Crippen MR) is 133 cm³/mol. The van der Waals surface area contributed by atoms with E-state index < -0.39 is 0 Å². The number of aromatic hydroxyl groups is 1. The monoisotopic (exact) mass is 432 g/mol. The molecular formula is C29H40N2O. The van der Waals surface area contributed by atoms with Gasteiger partial charge in [0.25, 0.3) is 0 Å². The molecule has 0 aliphatic carbocycles. The highest BCUT2D eigenvalue weighted by molar-refractivity contribution is 5.44. The van der Waals surface area contributed by atoms with Crippen molar-refractivity contribution in [3.05, 3.63) is 65.2 Å². The summed E-state index contributed by atoms with van der Waals surface area (Å²) in [4.78, 5) is 0. The van der Waals surface area contributed by atoms with E-state index >= 15 is 0 Å². The lowest BCUT2D eigenvalue weighted by atomic mass is 10.0. The smallest absolute Gasteiger partial charge is 0.115 e. The molecule has 0 aliphatic heterocycles. The first kappa shape index (κ1) is 27.3. The van der Waals surface area contributed by atoms with Crippen LogP contribution in [0, 0.1) is 22.7 Å². The van der Waals surface area contributed by atoms with Crippen molar-refractivity contribution in [2.75, 3.05) is 0 Å². The second kappa shape index (κ2) is 18.9. The van der Waals surface area contributed by atoms with Gasteiger partial charge in [-0.2, -0.15) is 10.5 Å². The van der Waals surface area contributed by atoms with E-state index in [0.29, 0.717) is 16.9 Å². The summed E-state index contributed by atoms with van der Waals surface area (Å²) in [6, 6.07) is 18.2. The maximum absolute atomic E-state index is 9.42. The molecule has 0 radical (unpaired) electrons. The van der Waals surface area contributed by atoms with Gasteiger partial charge in [0, 0.05) is 0 Å². The van der Waals surface area contributed by atoms with Crippen LogP contribution >= 0.6 is 0 Å². The van der Waals surface area contributed by atoms with Gasteiger partial charge in [0.15, 0.2) is 0 Å². The first-order chi connectivity index (χ1) is 15.7. The average molecular weight is 433 g/mol. The molecule has 0 aliphatic rings. The minimum absolute atomic E-state index is 0.396. The number of aryl methyl sites for hydroxylation is 1. The second-order valence-electron chi connectivity index (χ2n) is 8.43. The molecule has 0 amide bonds. The number of benzene rings is 2. The zero-order valence-electron chi connectivity index (χ0n) is 19.9. The van der Waals surface area contributed by atoms with E-state index in [2.05, 4.69) is 13.0 Å². The first-order valence-corrected chi connectivity index (χ1v) is 12.4. The molecule has 0 saturated heterocycles. The van der Waals surface area contributed by atoms with E-state index in [4.69, 9.17) is 10.5 Å². The summed E-state index contributed by atoms with van der Waals surface area (Å²) in [6.07, 6.45) is 19.3. The molecule has 0 heterocycles. The Morgan fingerprint density at radius 3 is 1.53 bits per heavy atom. The van der Waals surface area contributed by atoms with Crippen LogP contribution in [-0.2, 0) is 6.42 Å². The van der Waals surface area contributed by atoms with Crippen LogP contribution in [-0.4, -0.2) is 5.11 Å². The van der Waals surface area contributed by atoms with Crippen LogP contribution in [0.25, 0.3) is 0 Å². The van der Waals surface area contributed by atoms with Gasteiger partial charge in [-0.05, 0) is 42.7 Å².